The number of carbonyl (C=O) groups excluding carboxylic acids is 2. The van der Waals surface area contributed by atoms with Crippen LogP contribution in [0.25, 0.3) is 0 Å². The van der Waals surface area contributed by atoms with Crippen LogP contribution in [-0.2, 0) is 32.6 Å². The summed E-state index contributed by atoms with van der Waals surface area (Å²) >= 11 is 0. The summed E-state index contributed by atoms with van der Waals surface area (Å²) in [5, 5.41) is 3.07. The molecule has 0 saturated carbocycles. The zero-order chi connectivity index (χ0) is 33.1. The summed E-state index contributed by atoms with van der Waals surface area (Å²) in [6.45, 7) is 7.79. The summed E-state index contributed by atoms with van der Waals surface area (Å²) in [4.78, 5) is 30.1. The molecule has 0 aromatic heterocycles. The summed E-state index contributed by atoms with van der Waals surface area (Å²) in [6, 6.07) is 30.9. The summed E-state index contributed by atoms with van der Waals surface area (Å²) in [5.41, 5.74) is 3.01. The van der Waals surface area contributed by atoms with E-state index in [1.165, 1.54) is 17.0 Å². The van der Waals surface area contributed by atoms with E-state index in [2.05, 4.69) is 5.32 Å². The van der Waals surface area contributed by atoms with Crippen LogP contribution >= 0.6 is 0 Å². The Kier molecular flexibility index (Phi) is 12.0. The lowest BCUT2D eigenvalue weighted by Gasteiger charge is -2.34. The van der Waals surface area contributed by atoms with E-state index in [0.717, 1.165) is 27.4 Å². The Morgan fingerprint density at radius 1 is 0.826 bits per heavy atom. The molecule has 2 amide bonds. The maximum Gasteiger partial charge on any atom is 0.264 e. The van der Waals surface area contributed by atoms with Crippen molar-refractivity contribution in [3.8, 4) is 5.75 Å². The Bertz CT molecular complexity index is 1680. The van der Waals surface area contributed by atoms with Gasteiger partial charge in [0.15, 0.2) is 0 Å². The molecule has 1 N–H and O–H groups in total. The highest BCUT2D eigenvalue weighted by Gasteiger charge is 2.35. The van der Waals surface area contributed by atoms with Gasteiger partial charge in [0, 0.05) is 19.0 Å². The zero-order valence-corrected chi connectivity index (χ0v) is 27.7. The third-order valence-corrected chi connectivity index (χ3v) is 9.71. The Labute approximate surface area is 273 Å². The molecule has 0 saturated heterocycles. The van der Waals surface area contributed by atoms with Crippen LogP contribution in [0.4, 0.5) is 5.69 Å². The van der Waals surface area contributed by atoms with Crippen molar-refractivity contribution in [3.63, 3.8) is 0 Å². The number of nitrogens with zero attached hydrogens (tertiary/aromatic N) is 2. The van der Waals surface area contributed by atoms with Crippen LogP contribution in [0, 0.1) is 6.92 Å². The van der Waals surface area contributed by atoms with Crippen molar-refractivity contribution < 1.29 is 22.7 Å². The molecule has 0 bridgehead atoms. The van der Waals surface area contributed by atoms with E-state index in [1.807, 2.05) is 82.3 Å². The van der Waals surface area contributed by atoms with Crippen LogP contribution in [0.15, 0.2) is 114 Å². The number of hydrogen-bond donors (Lipinski definition) is 1. The highest BCUT2D eigenvalue weighted by Crippen LogP contribution is 2.27. The third kappa shape index (κ3) is 8.75. The van der Waals surface area contributed by atoms with Crippen LogP contribution in [0.1, 0.15) is 43.9 Å². The zero-order valence-electron chi connectivity index (χ0n) is 26.9. The molecule has 0 aliphatic rings. The molecule has 2 atom stereocenters. The van der Waals surface area contributed by atoms with Gasteiger partial charge in [-0.25, -0.2) is 8.42 Å². The number of aryl methyl sites for hydroxylation is 1. The molecule has 0 unspecified atom stereocenters. The first-order chi connectivity index (χ1) is 22.1. The van der Waals surface area contributed by atoms with Gasteiger partial charge in [-0.05, 0) is 80.3 Å². The minimum Gasteiger partial charge on any atom is -0.494 e. The van der Waals surface area contributed by atoms with Gasteiger partial charge in [-0.3, -0.25) is 13.9 Å². The third-order valence-electron chi connectivity index (χ3n) is 7.92. The molecule has 4 aromatic carbocycles. The molecule has 46 heavy (non-hydrogen) atoms. The molecule has 0 spiro atoms. The molecule has 8 nitrogen and oxygen atoms in total. The number of amides is 2. The van der Waals surface area contributed by atoms with Crippen LogP contribution in [-0.4, -0.2) is 50.4 Å². The smallest absolute Gasteiger partial charge is 0.264 e. The van der Waals surface area contributed by atoms with Gasteiger partial charge in [0.2, 0.25) is 11.8 Å². The first-order valence-electron chi connectivity index (χ1n) is 15.6. The molecule has 4 rings (SSSR count). The Hall–Kier alpha value is -4.63. The van der Waals surface area contributed by atoms with Crippen LogP contribution in [0.3, 0.4) is 0 Å². The molecule has 0 radical (unpaired) electrons. The molecule has 0 heterocycles. The summed E-state index contributed by atoms with van der Waals surface area (Å²) in [6.07, 6.45) is 0.978. The average Bonchev–Trinajstić information content (AvgIpc) is 3.07. The normalized spacial score (nSPS) is 12.5. The lowest BCUT2D eigenvalue weighted by atomic mass is 10.0. The average molecular weight is 642 g/mol. The van der Waals surface area contributed by atoms with Crippen molar-refractivity contribution in [1.29, 1.82) is 0 Å². The molecule has 0 aliphatic heterocycles. The van der Waals surface area contributed by atoms with Gasteiger partial charge in [0.25, 0.3) is 10.0 Å². The highest BCUT2D eigenvalue weighted by atomic mass is 32.2. The minimum atomic E-state index is -4.17. The van der Waals surface area contributed by atoms with Crippen LogP contribution in [0.5, 0.6) is 5.75 Å². The van der Waals surface area contributed by atoms with E-state index in [-0.39, 0.29) is 29.8 Å². The fourth-order valence-electron chi connectivity index (χ4n) is 5.09. The first-order valence-corrected chi connectivity index (χ1v) is 17.1. The van der Waals surface area contributed by atoms with Crippen molar-refractivity contribution >= 4 is 27.5 Å². The van der Waals surface area contributed by atoms with Crippen LogP contribution < -0.4 is 14.4 Å². The number of anilines is 1. The van der Waals surface area contributed by atoms with Crippen molar-refractivity contribution in [1.82, 2.24) is 10.2 Å². The molecule has 9 heteroatoms. The van der Waals surface area contributed by atoms with Gasteiger partial charge in [0.1, 0.15) is 18.3 Å². The second kappa shape index (κ2) is 16.1. The van der Waals surface area contributed by atoms with Crippen molar-refractivity contribution in [3.05, 3.63) is 126 Å². The van der Waals surface area contributed by atoms with Gasteiger partial charge in [0.05, 0.1) is 17.2 Å². The van der Waals surface area contributed by atoms with E-state index in [0.29, 0.717) is 18.0 Å². The number of carbonyl (C=O) groups is 2. The monoisotopic (exact) mass is 641 g/mol. The van der Waals surface area contributed by atoms with Gasteiger partial charge in [-0.2, -0.15) is 0 Å². The van der Waals surface area contributed by atoms with Crippen molar-refractivity contribution in [2.24, 2.45) is 0 Å². The summed E-state index contributed by atoms with van der Waals surface area (Å²) < 4.78 is 35.0. The van der Waals surface area contributed by atoms with E-state index < -0.39 is 28.5 Å². The van der Waals surface area contributed by atoms with E-state index in [1.54, 1.807) is 42.5 Å². The number of benzene rings is 4. The van der Waals surface area contributed by atoms with Crippen molar-refractivity contribution in [2.75, 3.05) is 17.5 Å². The molecular formula is C37H43N3O5S. The fourth-order valence-corrected chi connectivity index (χ4v) is 6.53. The number of sulfonamides is 1. The number of ether oxygens (including phenoxy) is 1. The molecule has 0 fully saturated rings. The SMILES string of the molecule is CCOc1ccc(N(CC(=O)N(Cc2ccccc2C)[C@H](Cc2ccccc2)C(=O)N[C@H](C)CC)S(=O)(=O)c2ccccc2)cc1. The summed E-state index contributed by atoms with van der Waals surface area (Å²) in [7, 11) is -4.17. The van der Waals surface area contributed by atoms with Gasteiger partial charge >= 0.3 is 0 Å². The van der Waals surface area contributed by atoms with Gasteiger partial charge in [-0.15, -0.1) is 0 Å². The highest BCUT2D eigenvalue weighted by molar-refractivity contribution is 7.92. The Morgan fingerprint density at radius 2 is 1.43 bits per heavy atom. The molecule has 242 valence electrons. The second-order valence-electron chi connectivity index (χ2n) is 11.2. The number of nitrogens with one attached hydrogen (secondary N) is 1. The molecular weight excluding hydrogens is 598 g/mol. The lowest BCUT2D eigenvalue weighted by Crippen LogP contribution is -2.54. The number of hydrogen-bond acceptors (Lipinski definition) is 5. The predicted octanol–water partition coefficient (Wildman–Crippen LogP) is 6.14. The fraction of sp³-hybridized carbons (Fsp3) is 0.297. The Morgan fingerprint density at radius 3 is 2.04 bits per heavy atom. The predicted molar refractivity (Wildman–Crippen MR) is 182 cm³/mol. The second-order valence-corrected chi connectivity index (χ2v) is 13.1. The Balaban J connectivity index is 1.81. The maximum absolute atomic E-state index is 14.6. The standard InChI is InChI=1S/C37H43N3O5S/c1-5-29(4)38-37(42)35(25-30-16-9-7-10-17-30)39(26-31-18-14-13-15-28(31)3)36(41)27-40(32-21-23-33(24-22-32)45-6-2)46(43,44)34-19-11-8-12-20-34/h7-24,29,35H,5-6,25-27H2,1-4H3,(H,38,42)/t29-,35-/m1/s1. The topological polar surface area (TPSA) is 96.0 Å². The quantitative estimate of drug-likeness (QED) is 0.168. The summed E-state index contributed by atoms with van der Waals surface area (Å²) in [5.74, 6) is -0.212. The van der Waals surface area contributed by atoms with Gasteiger partial charge in [-0.1, -0.05) is 79.7 Å². The van der Waals surface area contributed by atoms with Crippen LogP contribution in [0.2, 0.25) is 0 Å². The molecule has 4 aromatic rings. The minimum absolute atomic E-state index is 0.0532. The van der Waals surface area contributed by atoms with Crippen molar-refractivity contribution in [2.45, 2.75) is 64.1 Å². The van der Waals surface area contributed by atoms with E-state index in [4.69, 9.17) is 4.74 Å². The molecule has 0 aliphatic carbocycles. The van der Waals surface area contributed by atoms with Gasteiger partial charge < -0.3 is 15.0 Å². The first kappa shape index (κ1) is 34.2. The number of rotatable bonds is 15. The van der Waals surface area contributed by atoms with E-state index in [9.17, 15) is 18.0 Å². The lowest BCUT2D eigenvalue weighted by molar-refractivity contribution is -0.140. The largest absolute Gasteiger partial charge is 0.494 e. The maximum atomic E-state index is 14.6. The van der Waals surface area contributed by atoms with E-state index >= 15 is 0 Å².